The fourth-order valence-corrected chi connectivity index (χ4v) is 2.28. The van der Waals surface area contributed by atoms with E-state index in [1.54, 1.807) is 24.3 Å². The first-order valence-corrected chi connectivity index (χ1v) is 6.70. The smallest absolute Gasteiger partial charge is 0.164 e. The molecule has 0 aromatic heterocycles. The van der Waals surface area contributed by atoms with E-state index in [4.69, 9.17) is 5.26 Å². The van der Waals surface area contributed by atoms with Gasteiger partial charge in [0.2, 0.25) is 0 Å². The Hall–Kier alpha value is -2.40. The maximum atomic E-state index is 12.2. The lowest BCUT2D eigenvalue weighted by Crippen LogP contribution is -2.04. The van der Waals surface area contributed by atoms with E-state index in [2.05, 4.69) is 38.1 Å². The standard InChI is InChI=1S/C18H17NO/c1-13-7-8-14(2)15(11-13)9-10-18(20)17-6-4-3-5-16(17)12-19/h3-8,11H,9-10H2,1-2H3. The summed E-state index contributed by atoms with van der Waals surface area (Å²) in [5.74, 6) is 0.0306. The van der Waals surface area contributed by atoms with E-state index in [9.17, 15) is 4.79 Å². The average molecular weight is 263 g/mol. The summed E-state index contributed by atoms with van der Waals surface area (Å²) in [5.41, 5.74) is 4.60. The zero-order valence-electron chi connectivity index (χ0n) is 11.8. The lowest BCUT2D eigenvalue weighted by molar-refractivity contribution is 0.0982. The summed E-state index contributed by atoms with van der Waals surface area (Å²) in [6, 6.07) is 15.3. The molecule has 2 aromatic carbocycles. The lowest BCUT2D eigenvalue weighted by atomic mass is 9.96. The van der Waals surface area contributed by atoms with Gasteiger partial charge in [0.15, 0.2) is 5.78 Å². The van der Waals surface area contributed by atoms with Crippen LogP contribution in [0.2, 0.25) is 0 Å². The molecular weight excluding hydrogens is 246 g/mol. The van der Waals surface area contributed by atoms with Crippen molar-refractivity contribution in [3.63, 3.8) is 0 Å². The van der Waals surface area contributed by atoms with Crippen molar-refractivity contribution >= 4 is 5.78 Å². The molecule has 0 unspecified atom stereocenters. The van der Waals surface area contributed by atoms with E-state index in [0.29, 0.717) is 24.0 Å². The van der Waals surface area contributed by atoms with E-state index < -0.39 is 0 Å². The van der Waals surface area contributed by atoms with Crippen LogP contribution in [0.3, 0.4) is 0 Å². The zero-order valence-corrected chi connectivity index (χ0v) is 11.8. The van der Waals surface area contributed by atoms with Crippen molar-refractivity contribution < 1.29 is 4.79 Å². The first-order valence-electron chi connectivity index (χ1n) is 6.70. The lowest BCUT2D eigenvalue weighted by Gasteiger charge is -2.07. The Bertz CT molecular complexity index is 680. The summed E-state index contributed by atoms with van der Waals surface area (Å²) >= 11 is 0. The predicted molar refractivity (Wildman–Crippen MR) is 79.7 cm³/mol. The van der Waals surface area contributed by atoms with Crippen molar-refractivity contribution in [1.82, 2.24) is 0 Å². The molecule has 0 heterocycles. The summed E-state index contributed by atoms with van der Waals surface area (Å²) in [6.07, 6.45) is 1.15. The first kappa shape index (κ1) is 14.0. The van der Waals surface area contributed by atoms with E-state index in [0.717, 1.165) is 0 Å². The molecular formula is C18H17NO. The first-order chi connectivity index (χ1) is 9.61. The minimum absolute atomic E-state index is 0.0306. The van der Waals surface area contributed by atoms with Crippen molar-refractivity contribution in [3.8, 4) is 6.07 Å². The normalized spacial score (nSPS) is 10.1. The Morgan fingerprint density at radius 2 is 1.90 bits per heavy atom. The van der Waals surface area contributed by atoms with Crippen LogP contribution in [0.1, 0.15) is 39.0 Å². The van der Waals surface area contributed by atoms with Gasteiger partial charge in [-0.05, 0) is 37.5 Å². The van der Waals surface area contributed by atoms with Crippen LogP contribution in [0.4, 0.5) is 0 Å². The molecule has 0 saturated heterocycles. The summed E-state index contributed by atoms with van der Waals surface area (Å²) in [4.78, 5) is 12.2. The van der Waals surface area contributed by atoms with Crippen LogP contribution in [-0.4, -0.2) is 5.78 Å². The van der Waals surface area contributed by atoms with Crippen LogP contribution in [-0.2, 0) is 6.42 Å². The largest absolute Gasteiger partial charge is 0.294 e. The highest BCUT2D eigenvalue weighted by atomic mass is 16.1. The van der Waals surface area contributed by atoms with Crippen molar-refractivity contribution in [2.45, 2.75) is 26.7 Å². The van der Waals surface area contributed by atoms with Crippen LogP contribution in [0, 0.1) is 25.2 Å². The quantitative estimate of drug-likeness (QED) is 0.782. The molecule has 0 aliphatic rings. The van der Waals surface area contributed by atoms with Crippen LogP contribution in [0.25, 0.3) is 0 Å². The fourth-order valence-electron chi connectivity index (χ4n) is 2.28. The molecule has 0 aliphatic carbocycles. The van der Waals surface area contributed by atoms with Crippen molar-refractivity contribution in [1.29, 1.82) is 5.26 Å². The number of hydrogen-bond donors (Lipinski definition) is 0. The Kier molecular flexibility index (Phi) is 4.32. The van der Waals surface area contributed by atoms with Crippen molar-refractivity contribution in [2.75, 3.05) is 0 Å². The highest BCUT2D eigenvalue weighted by molar-refractivity contribution is 5.98. The molecule has 0 bridgehead atoms. The Morgan fingerprint density at radius 3 is 2.65 bits per heavy atom. The Balaban J connectivity index is 2.13. The van der Waals surface area contributed by atoms with Gasteiger partial charge >= 0.3 is 0 Å². The third-order valence-electron chi connectivity index (χ3n) is 3.47. The van der Waals surface area contributed by atoms with Gasteiger partial charge in [0.25, 0.3) is 0 Å². The van der Waals surface area contributed by atoms with Crippen LogP contribution in [0.5, 0.6) is 0 Å². The van der Waals surface area contributed by atoms with Gasteiger partial charge < -0.3 is 0 Å². The number of nitriles is 1. The third kappa shape index (κ3) is 3.13. The van der Waals surface area contributed by atoms with Crippen molar-refractivity contribution in [2.24, 2.45) is 0 Å². The maximum Gasteiger partial charge on any atom is 0.164 e. The molecule has 0 saturated carbocycles. The molecule has 0 amide bonds. The van der Waals surface area contributed by atoms with E-state index in [-0.39, 0.29) is 5.78 Å². The average Bonchev–Trinajstić information content (AvgIpc) is 2.47. The molecule has 2 rings (SSSR count). The second-order valence-electron chi connectivity index (χ2n) is 5.01. The van der Waals surface area contributed by atoms with Gasteiger partial charge in [0, 0.05) is 12.0 Å². The molecule has 0 spiro atoms. The highest BCUT2D eigenvalue weighted by Gasteiger charge is 2.11. The van der Waals surface area contributed by atoms with Crippen LogP contribution >= 0.6 is 0 Å². The maximum absolute atomic E-state index is 12.2. The summed E-state index contributed by atoms with van der Waals surface area (Å²) in [6.45, 7) is 4.11. The number of carbonyl (C=O) groups is 1. The molecule has 20 heavy (non-hydrogen) atoms. The molecule has 100 valence electrons. The predicted octanol–water partition coefficient (Wildman–Crippen LogP) is 3.99. The number of nitrogens with zero attached hydrogens (tertiary/aromatic N) is 1. The van der Waals surface area contributed by atoms with Gasteiger partial charge in [-0.1, -0.05) is 42.0 Å². The molecule has 2 aromatic rings. The monoisotopic (exact) mass is 263 g/mol. The van der Waals surface area contributed by atoms with Gasteiger partial charge in [0.1, 0.15) is 0 Å². The molecule has 0 radical (unpaired) electrons. The van der Waals surface area contributed by atoms with Gasteiger partial charge in [-0.25, -0.2) is 0 Å². The number of benzene rings is 2. The number of rotatable bonds is 4. The van der Waals surface area contributed by atoms with Crippen LogP contribution < -0.4 is 0 Å². The highest BCUT2D eigenvalue weighted by Crippen LogP contribution is 2.16. The van der Waals surface area contributed by atoms with E-state index in [1.807, 2.05) is 0 Å². The Labute approximate surface area is 119 Å². The summed E-state index contributed by atoms with van der Waals surface area (Å²) in [7, 11) is 0. The molecule has 0 N–H and O–H groups in total. The molecule has 2 nitrogen and oxygen atoms in total. The Morgan fingerprint density at radius 1 is 1.15 bits per heavy atom. The summed E-state index contributed by atoms with van der Waals surface area (Å²) in [5, 5.41) is 9.03. The second kappa shape index (κ2) is 6.16. The van der Waals surface area contributed by atoms with Gasteiger partial charge in [-0.15, -0.1) is 0 Å². The molecule has 0 fully saturated rings. The van der Waals surface area contributed by atoms with E-state index >= 15 is 0 Å². The van der Waals surface area contributed by atoms with Crippen LogP contribution in [0.15, 0.2) is 42.5 Å². The van der Waals surface area contributed by atoms with Gasteiger partial charge in [0.05, 0.1) is 11.6 Å². The molecule has 0 atom stereocenters. The fraction of sp³-hybridized carbons (Fsp3) is 0.222. The van der Waals surface area contributed by atoms with Gasteiger partial charge in [-0.3, -0.25) is 4.79 Å². The number of aryl methyl sites for hydroxylation is 3. The van der Waals surface area contributed by atoms with Crippen molar-refractivity contribution in [3.05, 3.63) is 70.3 Å². The second-order valence-corrected chi connectivity index (χ2v) is 5.01. The number of Topliss-reactive ketones (excluding diaryl/α,β-unsaturated/α-hetero) is 1. The molecule has 2 heteroatoms. The SMILES string of the molecule is Cc1ccc(C)c(CCC(=O)c2ccccc2C#N)c1. The topological polar surface area (TPSA) is 40.9 Å². The molecule has 0 aliphatic heterocycles. The third-order valence-corrected chi connectivity index (χ3v) is 3.47. The minimum Gasteiger partial charge on any atom is -0.294 e. The number of hydrogen-bond acceptors (Lipinski definition) is 2. The summed E-state index contributed by atoms with van der Waals surface area (Å²) < 4.78 is 0. The number of ketones is 1. The van der Waals surface area contributed by atoms with E-state index in [1.165, 1.54) is 16.7 Å². The van der Waals surface area contributed by atoms with Gasteiger partial charge in [-0.2, -0.15) is 5.26 Å². The number of carbonyl (C=O) groups excluding carboxylic acids is 1. The zero-order chi connectivity index (χ0) is 14.5. The minimum atomic E-state index is 0.0306.